The van der Waals surface area contributed by atoms with Crippen molar-refractivity contribution in [3.8, 4) is 11.5 Å². The Hall–Kier alpha value is -2.30. The fourth-order valence-corrected chi connectivity index (χ4v) is 1.68. The molecule has 0 saturated carbocycles. The van der Waals surface area contributed by atoms with Crippen LogP contribution < -0.4 is 15.0 Å². The maximum Gasteiger partial charge on any atom is 0.253 e. The van der Waals surface area contributed by atoms with Crippen molar-refractivity contribution in [2.75, 3.05) is 7.11 Å². The highest BCUT2D eigenvalue weighted by Crippen LogP contribution is 2.19. The maximum atomic E-state index is 11.6. The predicted molar refractivity (Wildman–Crippen MR) is 71.5 cm³/mol. The van der Waals surface area contributed by atoms with Gasteiger partial charge in [-0.1, -0.05) is 6.07 Å². The van der Waals surface area contributed by atoms with Gasteiger partial charge in [0.05, 0.1) is 7.11 Å². The third-order valence-corrected chi connectivity index (χ3v) is 2.76. The molecule has 0 radical (unpaired) electrons. The lowest BCUT2D eigenvalue weighted by molar-refractivity contribution is 0.286. The molecule has 2 aromatic rings. The fourth-order valence-electron chi connectivity index (χ4n) is 1.68. The van der Waals surface area contributed by atoms with Crippen LogP contribution in [0.4, 0.5) is 0 Å². The molecule has 1 aromatic carbocycles. The van der Waals surface area contributed by atoms with Gasteiger partial charge in [0.25, 0.3) is 5.56 Å². The van der Waals surface area contributed by atoms with Gasteiger partial charge in [0.2, 0.25) is 0 Å². The lowest BCUT2D eigenvalue weighted by Crippen LogP contribution is -2.23. The highest BCUT2D eigenvalue weighted by atomic mass is 16.5. The van der Waals surface area contributed by atoms with Crippen LogP contribution in [-0.4, -0.2) is 16.7 Å². The molecule has 19 heavy (non-hydrogen) atoms. The highest BCUT2D eigenvalue weighted by Gasteiger charge is 2.05. The molecule has 5 nitrogen and oxygen atoms in total. The van der Waals surface area contributed by atoms with E-state index in [0.717, 1.165) is 5.75 Å². The van der Waals surface area contributed by atoms with Gasteiger partial charge in [-0.2, -0.15) is 0 Å². The van der Waals surface area contributed by atoms with E-state index in [1.807, 2.05) is 18.2 Å². The van der Waals surface area contributed by atoms with Crippen molar-refractivity contribution in [1.29, 1.82) is 0 Å². The average Bonchev–Trinajstić information content (AvgIpc) is 2.41. The summed E-state index contributed by atoms with van der Waals surface area (Å²) in [7, 11) is 3.28. The summed E-state index contributed by atoms with van der Waals surface area (Å²) < 4.78 is 12.2. The summed E-state index contributed by atoms with van der Waals surface area (Å²) >= 11 is 0. The molecule has 1 aromatic heterocycles. The van der Waals surface area contributed by atoms with E-state index < -0.39 is 0 Å². The molecular formula is C14H16N2O3. The Morgan fingerprint density at radius 3 is 2.74 bits per heavy atom. The van der Waals surface area contributed by atoms with Crippen LogP contribution in [0.1, 0.15) is 11.5 Å². The number of rotatable bonds is 4. The molecule has 0 atom stereocenters. The molecule has 0 N–H and O–H groups in total. The Bertz CT molecular complexity index is 635. The van der Waals surface area contributed by atoms with Gasteiger partial charge in [0.15, 0.2) is 0 Å². The van der Waals surface area contributed by atoms with Gasteiger partial charge in [-0.25, -0.2) is 4.98 Å². The van der Waals surface area contributed by atoms with Crippen LogP contribution in [0.15, 0.2) is 35.1 Å². The van der Waals surface area contributed by atoms with Gasteiger partial charge in [-0.05, 0) is 19.1 Å². The largest absolute Gasteiger partial charge is 0.497 e. The standard InChI is InChI=1S/C14H16N2O3/c1-10-7-14(17)16(2)13(15-10)9-19-12-6-4-5-11(8-12)18-3/h4-8H,9H2,1-3H3. The molecule has 5 heteroatoms. The number of methoxy groups -OCH3 is 1. The van der Waals surface area contributed by atoms with Gasteiger partial charge in [-0.3, -0.25) is 9.36 Å². The van der Waals surface area contributed by atoms with Crippen LogP contribution in [-0.2, 0) is 13.7 Å². The number of ether oxygens (including phenoxy) is 2. The van der Waals surface area contributed by atoms with Gasteiger partial charge >= 0.3 is 0 Å². The van der Waals surface area contributed by atoms with E-state index in [1.165, 1.54) is 10.6 Å². The summed E-state index contributed by atoms with van der Waals surface area (Å²) in [4.78, 5) is 15.9. The zero-order valence-corrected chi connectivity index (χ0v) is 11.2. The molecule has 0 spiro atoms. The van der Waals surface area contributed by atoms with Crippen LogP contribution in [0.25, 0.3) is 0 Å². The fraction of sp³-hybridized carbons (Fsp3) is 0.286. The molecule has 0 unspecified atom stereocenters. The van der Waals surface area contributed by atoms with E-state index in [-0.39, 0.29) is 12.2 Å². The molecule has 0 amide bonds. The summed E-state index contributed by atoms with van der Waals surface area (Å²) in [5, 5.41) is 0. The molecule has 0 bridgehead atoms. The number of benzene rings is 1. The van der Waals surface area contributed by atoms with Crippen molar-refractivity contribution in [3.05, 3.63) is 52.2 Å². The summed E-state index contributed by atoms with van der Waals surface area (Å²) in [6, 6.07) is 8.80. The Balaban J connectivity index is 2.16. The highest BCUT2D eigenvalue weighted by molar-refractivity contribution is 5.32. The smallest absolute Gasteiger partial charge is 0.253 e. The van der Waals surface area contributed by atoms with Gasteiger partial charge in [0.1, 0.15) is 23.9 Å². The minimum Gasteiger partial charge on any atom is -0.497 e. The number of hydrogen-bond acceptors (Lipinski definition) is 4. The SMILES string of the molecule is COc1cccc(OCc2nc(C)cc(=O)n2C)c1. The second-order valence-electron chi connectivity index (χ2n) is 4.18. The molecule has 0 aliphatic carbocycles. The molecule has 0 saturated heterocycles. The predicted octanol–water partition coefficient (Wildman–Crippen LogP) is 1.68. The van der Waals surface area contributed by atoms with Crippen LogP contribution in [0.5, 0.6) is 11.5 Å². The lowest BCUT2D eigenvalue weighted by atomic mass is 10.3. The first-order chi connectivity index (χ1) is 9.10. The van der Waals surface area contributed by atoms with Gasteiger partial charge < -0.3 is 9.47 Å². The zero-order chi connectivity index (χ0) is 13.8. The van der Waals surface area contributed by atoms with Gasteiger partial charge in [0, 0.05) is 24.9 Å². The normalized spacial score (nSPS) is 10.3. The van der Waals surface area contributed by atoms with E-state index in [1.54, 1.807) is 27.1 Å². The van der Waals surface area contributed by atoms with E-state index in [2.05, 4.69) is 4.98 Å². The number of hydrogen-bond donors (Lipinski definition) is 0. The van der Waals surface area contributed by atoms with Crippen LogP contribution in [0.2, 0.25) is 0 Å². The third-order valence-electron chi connectivity index (χ3n) is 2.76. The van der Waals surface area contributed by atoms with E-state index in [9.17, 15) is 4.79 Å². The Labute approximate surface area is 111 Å². The van der Waals surface area contributed by atoms with Crippen LogP contribution in [0.3, 0.4) is 0 Å². The Morgan fingerprint density at radius 1 is 1.26 bits per heavy atom. The van der Waals surface area contributed by atoms with Crippen molar-refractivity contribution in [1.82, 2.24) is 9.55 Å². The van der Waals surface area contributed by atoms with Crippen molar-refractivity contribution < 1.29 is 9.47 Å². The maximum absolute atomic E-state index is 11.6. The van der Waals surface area contributed by atoms with Crippen LogP contribution in [0, 0.1) is 6.92 Å². The molecule has 0 aliphatic heterocycles. The van der Waals surface area contributed by atoms with Gasteiger partial charge in [-0.15, -0.1) is 0 Å². The van der Waals surface area contributed by atoms with E-state index in [0.29, 0.717) is 17.3 Å². The van der Waals surface area contributed by atoms with Crippen molar-refractivity contribution >= 4 is 0 Å². The quantitative estimate of drug-likeness (QED) is 0.839. The lowest BCUT2D eigenvalue weighted by Gasteiger charge is -2.10. The summed E-state index contributed by atoms with van der Waals surface area (Å²) in [5.41, 5.74) is 0.601. The first kappa shape index (κ1) is 13.1. The molecule has 0 fully saturated rings. The molecule has 2 rings (SSSR count). The van der Waals surface area contributed by atoms with E-state index in [4.69, 9.17) is 9.47 Å². The summed E-state index contributed by atoms with van der Waals surface area (Å²) in [6.45, 7) is 2.02. The second-order valence-corrected chi connectivity index (χ2v) is 4.18. The molecule has 1 heterocycles. The average molecular weight is 260 g/mol. The summed E-state index contributed by atoms with van der Waals surface area (Å²) in [6.07, 6.45) is 0. The number of nitrogens with zero attached hydrogens (tertiary/aromatic N) is 2. The summed E-state index contributed by atoms with van der Waals surface area (Å²) in [5.74, 6) is 1.99. The zero-order valence-electron chi connectivity index (χ0n) is 11.2. The third kappa shape index (κ3) is 3.13. The topological polar surface area (TPSA) is 53.4 Å². The number of aryl methyl sites for hydroxylation is 1. The molecule has 100 valence electrons. The Morgan fingerprint density at radius 2 is 2.00 bits per heavy atom. The molecular weight excluding hydrogens is 244 g/mol. The van der Waals surface area contributed by atoms with Crippen LogP contribution >= 0.6 is 0 Å². The first-order valence-corrected chi connectivity index (χ1v) is 5.90. The van der Waals surface area contributed by atoms with Crippen molar-refractivity contribution in [2.24, 2.45) is 7.05 Å². The van der Waals surface area contributed by atoms with Crippen molar-refractivity contribution in [3.63, 3.8) is 0 Å². The first-order valence-electron chi connectivity index (χ1n) is 5.90. The second kappa shape index (κ2) is 5.56. The monoisotopic (exact) mass is 260 g/mol. The van der Waals surface area contributed by atoms with Crippen molar-refractivity contribution in [2.45, 2.75) is 13.5 Å². The van der Waals surface area contributed by atoms with E-state index >= 15 is 0 Å². The molecule has 0 aliphatic rings. The minimum atomic E-state index is -0.0863. The number of aromatic nitrogens is 2. The minimum absolute atomic E-state index is 0.0863. The Kier molecular flexibility index (Phi) is 3.85.